The summed E-state index contributed by atoms with van der Waals surface area (Å²) in [7, 11) is 0. The van der Waals surface area contributed by atoms with Gasteiger partial charge in [0.15, 0.2) is 5.11 Å². The molecule has 1 aliphatic rings. The Bertz CT molecular complexity index is 816. The van der Waals surface area contributed by atoms with Gasteiger partial charge in [0.2, 0.25) is 0 Å². The van der Waals surface area contributed by atoms with E-state index >= 15 is 0 Å². The molecule has 1 aliphatic heterocycles. The first-order valence-corrected chi connectivity index (χ1v) is 9.09. The Hall–Kier alpha value is -2.25. The molecule has 0 fully saturated rings. The first-order chi connectivity index (χ1) is 12.0. The van der Waals surface area contributed by atoms with Crippen molar-refractivity contribution in [2.75, 3.05) is 11.5 Å². The third kappa shape index (κ3) is 3.43. The SMILES string of the molecule is CCOC(=O)C1=C(C)N(c2ccc(F)cc2)C(=S)N[C@@H]1c1cccs1. The van der Waals surface area contributed by atoms with Crippen molar-refractivity contribution in [3.05, 3.63) is 63.7 Å². The first-order valence-electron chi connectivity index (χ1n) is 7.80. The van der Waals surface area contributed by atoms with Gasteiger partial charge in [-0.25, -0.2) is 9.18 Å². The summed E-state index contributed by atoms with van der Waals surface area (Å²) in [5, 5.41) is 5.62. The van der Waals surface area contributed by atoms with Gasteiger partial charge in [0.05, 0.1) is 18.2 Å². The molecule has 1 N–H and O–H groups in total. The van der Waals surface area contributed by atoms with Gasteiger partial charge in [-0.15, -0.1) is 11.3 Å². The number of nitrogens with one attached hydrogen (secondary N) is 1. The van der Waals surface area contributed by atoms with Gasteiger partial charge in [-0.05, 0) is 61.8 Å². The topological polar surface area (TPSA) is 41.6 Å². The van der Waals surface area contributed by atoms with Crippen LogP contribution in [-0.2, 0) is 9.53 Å². The third-order valence-electron chi connectivity index (χ3n) is 3.89. The van der Waals surface area contributed by atoms with E-state index in [1.165, 1.54) is 23.5 Å². The smallest absolute Gasteiger partial charge is 0.338 e. The van der Waals surface area contributed by atoms with E-state index in [9.17, 15) is 9.18 Å². The predicted molar refractivity (Wildman–Crippen MR) is 101 cm³/mol. The maximum Gasteiger partial charge on any atom is 0.338 e. The number of thiophene rings is 1. The largest absolute Gasteiger partial charge is 0.463 e. The Morgan fingerprint density at radius 3 is 2.68 bits per heavy atom. The summed E-state index contributed by atoms with van der Waals surface area (Å²) >= 11 is 7.05. The van der Waals surface area contributed by atoms with Crippen LogP contribution in [0.25, 0.3) is 0 Å². The van der Waals surface area contributed by atoms with E-state index in [1.807, 2.05) is 24.4 Å². The summed E-state index contributed by atoms with van der Waals surface area (Å²) in [5.74, 6) is -0.719. The molecule has 2 heterocycles. The molecule has 0 saturated heterocycles. The summed E-state index contributed by atoms with van der Waals surface area (Å²) in [4.78, 5) is 15.3. The van der Waals surface area contributed by atoms with Crippen LogP contribution in [0, 0.1) is 5.82 Å². The highest BCUT2D eigenvalue weighted by molar-refractivity contribution is 7.80. The summed E-state index contributed by atoms with van der Waals surface area (Å²) < 4.78 is 18.5. The van der Waals surface area contributed by atoms with Crippen LogP contribution in [0.3, 0.4) is 0 Å². The van der Waals surface area contributed by atoms with Crippen molar-refractivity contribution in [2.45, 2.75) is 19.9 Å². The molecule has 0 spiro atoms. The average Bonchev–Trinajstić information content (AvgIpc) is 3.10. The molecule has 0 radical (unpaired) electrons. The van der Waals surface area contributed by atoms with Crippen molar-refractivity contribution >= 4 is 40.3 Å². The molecule has 0 saturated carbocycles. The molecule has 4 nitrogen and oxygen atoms in total. The lowest BCUT2D eigenvalue weighted by Gasteiger charge is -2.37. The molecular weight excluding hydrogens is 359 g/mol. The van der Waals surface area contributed by atoms with E-state index in [4.69, 9.17) is 17.0 Å². The number of hydrogen-bond donors (Lipinski definition) is 1. The van der Waals surface area contributed by atoms with Gasteiger partial charge < -0.3 is 10.1 Å². The lowest BCUT2D eigenvalue weighted by atomic mass is 10.0. The number of rotatable bonds is 4. The molecule has 1 atom stereocenters. The molecule has 25 heavy (non-hydrogen) atoms. The van der Waals surface area contributed by atoms with Crippen LogP contribution in [-0.4, -0.2) is 17.7 Å². The van der Waals surface area contributed by atoms with Gasteiger partial charge in [-0.1, -0.05) is 6.07 Å². The van der Waals surface area contributed by atoms with Crippen molar-refractivity contribution in [1.29, 1.82) is 0 Å². The zero-order valence-corrected chi connectivity index (χ0v) is 15.4. The summed E-state index contributed by atoms with van der Waals surface area (Å²) in [5.41, 5.74) is 1.86. The molecule has 7 heteroatoms. The summed E-state index contributed by atoms with van der Waals surface area (Å²) in [6.07, 6.45) is 0. The Morgan fingerprint density at radius 2 is 2.08 bits per heavy atom. The predicted octanol–water partition coefficient (Wildman–Crippen LogP) is 4.16. The second-order valence-corrected chi connectivity index (χ2v) is 6.80. The third-order valence-corrected chi connectivity index (χ3v) is 5.13. The average molecular weight is 376 g/mol. The first kappa shape index (κ1) is 17.6. The highest BCUT2D eigenvalue weighted by Crippen LogP contribution is 2.35. The minimum absolute atomic E-state index is 0.285. The van der Waals surface area contributed by atoms with Crippen LogP contribution in [0.5, 0.6) is 0 Å². The zero-order chi connectivity index (χ0) is 18.0. The zero-order valence-electron chi connectivity index (χ0n) is 13.8. The van der Waals surface area contributed by atoms with Crippen molar-refractivity contribution in [3.8, 4) is 0 Å². The minimum Gasteiger partial charge on any atom is -0.463 e. The number of carbonyl (C=O) groups is 1. The van der Waals surface area contributed by atoms with Crippen molar-refractivity contribution in [1.82, 2.24) is 5.32 Å². The summed E-state index contributed by atoms with van der Waals surface area (Å²) in [6, 6.07) is 9.49. The number of anilines is 1. The summed E-state index contributed by atoms with van der Waals surface area (Å²) in [6.45, 7) is 3.88. The van der Waals surface area contributed by atoms with Crippen LogP contribution in [0.15, 0.2) is 53.0 Å². The van der Waals surface area contributed by atoms with Crippen molar-refractivity contribution < 1.29 is 13.9 Å². The maximum atomic E-state index is 13.2. The fourth-order valence-electron chi connectivity index (χ4n) is 2.79. The van der Waals surface area contributed by atoms with E-state index < -0.39 is 0 Å². The lowest BCUT2D eigenvalue weighted by Crippen LogP contribution is -2.47. The Labute approximate surface area is 154 Å². The van der Waals surface area contributed by atoms with Crippen molar-refractivity contribution in [2.24, 2.45) is 0 Å². The Morgan fingerprint density at radius 1 is 1.36 bits per heavy atom. The van der Waals surface area contributed by atoms with E-state index in [1.54, 1.807) is 24.0 Å². The maximum absolute atomic E-state index is 13.2. The van der Waals surface area contributed by atoms with E-state index in [-0.39, 0.29) is 24.4 Å². The molecule has 1 aromatic heterocycles. The van der Waals surface area contributed by atoms with Crippen LogP contribution in [0.1, 0.15) is 24.8 Å². The monoisotopic (exact) mass is 376 g/mol. The van der Waals surface area contributed by atoms with E-state index in [0.717, 1.165) is 4.88 Å². The molecule has 3 rings (SSSR count). The Kier molecular flexibility index (Phi) is 5.15. The lowest BCUT2D eigenvalue weighted by molar-refractivity contribution is -0.139. The fraction of sp³-hybridized carbons (Fsp3) is 0.222. The van der Waals surface area contributed by atoms with Crippen LogP contribution >= 0.6 is 23.6 Å². The van der Waals surface area contributed by atoms with Gasteiger partial charge in [0.25, 0.3) is 0 Å². The highest BCUT2D eigenvalue weighted by atomic mass is 32.1. The van der Waals surface area contributed by atoms with Crippen LogP contribution in [0.4, 0.5) is 10.1 Å². The van der Waals surface area contributed by atoms with Crippen molar-refractivity contribution in [3.63, 3.8) is 0 Å². The second-order valence-electron chi connectivity index (χ2n) is 5.43. The molecule has 1 aromatic carbocycles. The van der Waals surface area contributed by atoms with Gasteiger partial charge >= 0.3 is 5.97 Å². The number of hydrogen-bond acceptors (Lipinski definition) is 4. The van der Waals surface area contributed by atoms with Gasteiger partial charge in [-0.2, -0.15) is 0 Å². The van der Waals surface area contributed by atoms with E-state index in [2.05, 4.69) is 5.32 Å². The molecule has 130 valence electrons. The number of thiocarbonyl (C=S) groups is 1. The normalized spacial score (nSPS) is 17.5. The molecule has 0 unspecified atom stereocenters. The minimum atomic E-state index is -0.388. The van der Waals surface area contributed by atoms with Gasteiger partial charge in [0.1, 0.15) is 5.82 Å². The van der Waals surface area contributed by atoms with Gasteiger partial charge in [0, 0.05) is 16.3 Å². The molecule has 0 bridgehead atoms. The van der Waals surface area contributed by atoms with Gasteiger partial charge in [-0.3, -0.25) is 4.90 Å². The highest BCUT2D eigenvalue weighted by Gasteiger charge is 2.35. The Balaban J connectivity index is 2.10. The standard InChI is InChI=1S/C18H17FN2O2S2/c1-3-23-17(22)15-11(2)21(13-8-6-12(19)7-9-13)18(24)20-16(15)14-5-4-10-25-14/h4-10,16H,3H2,1-2H3,(H,20,24)/t16-/m1/s1. The molecule has 2 aromatic rings. The number of ether oxygens (including phenoxy) is 1. The van der Waals surface area contributed by atoms with Crippen LogP contribution < -0.4 is 10.2 Å². The molecule has 0 amide bonds. The number of halogens is 1. The second kappa shape index (κ2) is 7.33. The van der Waals surface area contributed by atoms with E-state index in [0.29, 0.717) is 22.1 Å². The number of allylic oxidation sites excluding steroid dienone is 1. The fourth-order valence-corrected chi connectivity index (χ4v) is 3.93. The number of esters is 1. The molecule has 0 aliphatic carbocycles. The number of benzene rings is 1. The molecular formula is C18H17FN2O2S2. The number of nitrogens with zero attached hydrogens (tertiary/aromatic N) is 1. The van der Waals surface area contributed by atoms with Crippen LogP contribution in [0.2, 0.25) is 0 Å². The quantitative estimate of drug-likeness (QED) is 0.641. The number of carbonyl (C=O) groups excluding carboxylic acids is 1.